The highest BCUT2D eigenvalue weighted by atomic mass is 127. The predicted molar refractivity (Wildman–Crippen MR) is 117 cm³/mol. The van der Waals surface area contributed by atoms with Gasteiger partial charge in [0, 0.05) is 31.9 Å². The second kappa shape index (κ2) is 12.8. The Morgan fingerprint density at radius 3 is 2.83 bits per heavy atom. The molecule has 1 N–H and O–H groups in total. The van der Waals surface area contributed by atoms with Gasteiger partial charge in [0.05, 0.1) is 19.1 Å². The number of esters is 1. The number of pyridine rings is 1. The highest BCUT2D eigenvalue weighted by molar-refractivity contribution is 14.0. The van der Waals surface area contributed by atoms with Crippen molar-refractivity contribution < 1.29 is 27.4 Å². The van der Waals surface area contributed by atoms with Crippen LogP contribution < -0.4 is 10.1 Å². The summed E-state index contributed by atoms with van der Waals surface area (Å²) in [5.74, 6) is 0.154. The number of guanidine groups is 1. The first-order valence-corrected chi connectivity index (χ1v) is 9.66. The lowest BCUT2D eigenvalue weighted by Gasteiger charge is -2.34. The van der Waals surface area contributed by atoms with E-state index < -0.39 is 12.8 Å². The van der Waals surface area contributed by atoms with E-state index in [1.54, 1.807) is 13.0 Å². The van der Waals surface area contributed by atoms with Crippen molar-refractivity contribution in [2.24, 2.45) is 10.9 Å². The molecule has 0 amide bonds. The number of halogens is 4. The molecule has 1 fully saturated rings. The van der Waals surface area contributed by atoms with Crippen LogP contribution in [-0.4, -0.2) is 60.8 Å². The van der Waals surface area contributed by atoms with E-state index in [4.69, 9.17) is 4.74 Å². The number of likely N-dealkylation sites (tertiary alicyclic amines) is 1. The quantitative estimate of drug-likeness (QED) is 0.246. The number of hydrogen-bond donors (Lipinski definition) is 1. The average Bonchev–Trinajstić information content (AvgIpc) is 2.69. The van der Waals surface area contributed by atoms with Crippen LogP contribution in [0.3, 0.4) is 0 Å². The minimum absolute atomic E-state index is 0. The maximum Gasteiger partial charge on any atom is 0.422 e. The van der Waals surface area contributed by atoms with Crippen molar-refractivity contribution >= 4 is 35.9 Å². The van der Waals surface area contributed by atoms with E-state index >= 15 is 0 Å². The van der Waals surface area contributed by atoms with E-state index in [0.29, 0.717) is 31.2 Å². The third-order valence-electron chi connectivity index (χ3n) is 4.27. The molecule has 170 valence electrons. The van der Waals surface area contributed by atoms with Gasteiger partial charge in [0.25, 0.3) is 0 Å². The molecule has 1 saturated heterocycles. The van der Waals surface area contributed by atoms with E-state index in [0.717, 1.165) is 19.4 Å². The number of carbonyl (C=O) groups is 1. The predicted octanol–water partition coefficient (Wildman–Crippen LogP) is 3.38. The molecule has 30 heavy (non-hydrogen) atoms. The molecule has 0 saturated carbocycles. The Morgan fingerprint density at radius 2 is 2.17 bits per heavy atom. The molecule has 2 heterocycles. The summed E-state index contributed by atoms with van der Waals surface area (Å²) in [5.41, 5.74) is 0.673. The maximum absolute atomic E-state index is 12.3. The third-order valence-corrected chi connectivity index (χ3v) is 4.27. The van der Waals surface area contributed by atoms with Gasteiger partial charge in [0.15, 0.2) is 12.6 Å². The highest BCUT2D eigenvalue weighted by Gasteiger charge is 2.29. The second-order valence-electron chi connectivity index (χ2n) is 6.61. The van der Waals surface area contributed by atoms with Gasteiger partial charge in [0.1, 0.15) is 0 Å². The Morgan fingerprint density at radius 1 is 1.40 bits per heavy atom. The number of hydrogen-bond acceptors (Lipinski definition) is 5. The molecule has 1 unspecified atom stereocenters. The molecule has 1 atom stereocenters. The SMILES string of the molecule is CCNC(=NCc1ccnc(OCC(F)(F)F)c1)N1CCCC(C(=O)OCC)C1.I. The van der Waals surface area contributed by atoms with Gasteiger partial charge in [-0.15, -0.1) is 24.0 Å². The van der Waals surface area contributed by atoms with Crippen LogP contribution in [-0.2, 0) is 16.1 Å². The van der Waals surface area contributed by atoms with Crippen LogP contribution in [0.5, 0.6) is 5.88 Å². The second-order valence-corrected chi connectivity index (χ2v) is 6.61. The molecule has 1 aliphatic rings. The van der Waals surface area contributed by atoms with Gasteiger partial charge >= 0.3 is 12.1 Å². The lowest BCUT2D eigenvalue weighted by Crippen LogP contribution is -2.48. The van der Waals surface area contributed by atoms with Crippen molar-refractivity contribution in [2.75, 3.05) is 32.8 Å². The molecule has 1 aromatic rings. The number of aliphatic imine (C=N–C) groups is 1. The van der Waals surface area contributed by atoms with Crippen molar-refractivity contribution in [1.82, 2.24) is 15.2 Å². The number of carbonyl (C=O) groups excluding carboxylic acids is 1. The van der Waals surface area contributed by atoms with E-state index in [2.05, 4.69) is 20.0 Å². The summed E-state index contributed by atoms with van der Waals surface area (Å²) >= 11 is 0. The van der Waals surface area contributed by atoms with Crippen LogP contribution in [0.4, 0.5) is 13.2 Å². The van der Waals surface area contributed by atoms with E-state index in [1.807, 2.05) is 11.8 Å². The summed E-state index contributed by atoms with van der Waals surface area (Å²) in [6, 6.07) is 3.11. The van der Waals surface area contributed by atoms with Gasteiger partial charge in [0.2, 0.25) is 5.88 Å². The van der Waals surface area contributed by atoms with Gasteiger partial charge in [-0.25, -0.2) is 9.98 Å². The number of nitrogens with zero attached hydrogens (tertiary/aromatic N) is 3. The summed E-state index contributed by atoms with van der Waals surface area (Å²) < 4.78 is 46.7. The minimum atomic E-state index is -4.42. The Labute approximate surface area is 191 Å². The zero-order valence-corrected chi connectivity index (χ0v) is 19.4. The Kier molecular flexibility index (Phi) is 11.2. The van der Waals surface area contributed by atoms with Gasteiger partial charge in [-0.1, -0.05) is 0 Å². The number of alkyl halides is 3. The van der Waals surface area contributed by atoms with Crippen LogP contribution in [0.2, 0.25) is 0 Å². The first-order valence-electron chi connectivity index (χ1n) is 9.66. The van der Waals surface area contributed by atoms with Crippen LogP contribution >= 0.6 is 24.0 Å². The maximum atomic E-state index is 12.3. The monoisotopic (exact) mass is 544 g/mol. The van der Waals surface area contributed by atoms with Gasteiger partial charge in [-0.2, -0.15) is 13.2 Å². The van der Waals surface area contributed by atoms with Crippen molar-refractivity contribution in [1.29, 1.82) is 0 Å². The fourth-order valence-corrected chi connectivity index (χ4v) is 3.00. The summed E-state index contributed by atoms with van der Waals surface area (Å²) in [4.78, 5) is 22.4. The van der Waals surface area contributed by atoms with E-state index in [1.165, 1.54) is 12.3 Å². The third kappa shape index (κ3) is 8.92. The number of ether oxygens (including phenoxy) is 2. The highest BCUT2D eigenvalue weighted by Crippen LogP contribution is 2.20. The molecule has 0 aromatic carbocycles. The number of piperidine rings is 1. The van der Waals surface area contributed by atoms with Crippen molar-refractivity contribution in [3.05, 3.63) is 23.9 Å². The number of nitrogens with one attached hydrogen (secondary N) is 1. The molecular weight excluding hydrogens is 516 g/mol. The summed E-state index contributed by atoms with van der Waals surface area (Å²) in [6.07, 6.45) is -1.41. The fraction of sp³-hybridized carbons (Fsp3) is 0.632. The van der Waals surface area contributed by atoms with Gasteiger partial charge in [-0.3, -0.25) is 4.79 Å². The molecule has 7 nitrogen and oxygen atoms in total. The molecule has 0 bridgehead atoms. The van der Waals surface area contributed by atoms with Crippen LogP contribution in [0.25, 0.3) is 0 Å². The number of rotatable bonds is 7. The number of aromatic nitrogens is 1. The van der Waals surface area contributed by atoms with Crippen LogP contribution in [0.15, 0.2) is 23.3 Å². The Hall–Kier alpha value is -1.79. The molecule has 0 spiro atoms. The molecule has 1 aliphatic heterocycles. The van der Waals surface area contributed by atoms with E-state index in [9.17, 15) is 18.0 Å². The minimum Gasteiger partial charge on any atom is -0.468 e. The topological polar surface area (TPSA) is 76.1 Å². The fourth-order valence-electron chi connectivity index (χ4n) is 3.00. The van der Waals surface area contributed by atoms with Crippen molar-refractivity contribution in [3.63, 3.8) is 0 Å². The molecule has 0 radical (unpaired) electrons. The standard InChI is InChI=1S/C19H27F3N4O3.HI/c1-3-23-18(26-9-5-6-15(12-26)17(27)28-4-2)25-11-14-7-8-24-16(10-14)29-13-19(20,21)22;/h7-8,10,15H,3-6,9,11-13H2,1-2H3,(H,23,25);1H. The molecule has 1 aromatic heterocycles. The zero-order valence-electron chi connectivity index (χ0n) is 17.1. The van der Waals surface area contributed by atoms with Crippen molar-refractivity contribution in [2.45, 2.75) is 39.4 Å². The van der Waals surface area contributed by atoms with Crippen molar-refractivity contribution in [3.8, 4) is 5.88 Å². The summed E-state index contributed by atoms with van der Waals surface area (Å²) in [6.45, 7) is 4.86. The normalized spacial score (nSPS) is 17.2. The molecule has 11 heteroatoms. The van der Waals surface area contributed by atoms with E-state index in [-0.39, 0.29) is 48.3 Å². The van der Waals surface area contributed by atoms with Gasteiger partial charge in [-0.05, 0) is 38.3 Å². The average molecular weight is 544 g/mol. The smallest absolute Gasteiger partial charge is 0.422 e. The Bertz CT molecular complexity index is 704. The summed E-state index contributed by atoms with van der Waals surface area (Å²) in [5, 5.41) is 3.20. The lowest BCUT2D eigenvalue weighted by molar-refractivity contribution is -0.154. The zero-order chi connectivity index (χ0) is 21.3. The first-order chi connectivity index (χ1) is 13.8. The largest absolute Gasteiger partial charge is 0.468 e. The Balaban J connectivity index is 0.00000450. The lowest BCUT2D eigenvalue weighted by atomic mass is 9.98. The van der Waals surface area contributed by atoms with Crippen LogP contribution in [0.1, 0.15) is 32.3 Å². The van der Waals surface area contributed by atoms with Gasteiger partial charge < -0.3 is 19.7 Å². The van der Waals surface area contributed by atoms with Crippen LogP contribution in [0, 0.1) is 5.92 Å². The molecular formula is C19H28F3IN4O3. The first kappa shape index (κ1) is 26.2. The summed E-state index contributed by atoms with van der Waals surface area (Å²) in [7, 11) is 0. The molecule has 2 rings (SSSR count). The molecule has 0 aliphatic carbocycles.